The standard InChI is InChI=1S/C32H37NO5S/c1-19-29(32(35)38-23-8-6-5-7-9-23)30(20-10-13-24(39-4)14-11-20)31-25(33-19)16-22(17-26(31)34)21-12-15-27(36-2)28(18-21)37-3/h10-15,18,22-23,29-30H,5-9,16-17H2,1-4H3/t22-,29?,30-/m1/s1. The lowest BCUT2D eigenvalue weighted by Gasteiger charge is -2.37. The van der Waals surface area contributed by atoms with Crippen LogP contribution in [0.15, 0.2) is 63.6 Å². The molecule has 2 aliphatic carbocycles. The molecule has 3 aliphatic rings. The van der Waals surface area contributed by atoms with Gasteiger partial charge in [-0.15, -0.1) is 11.8 Å². The molecule has 0 saturated heterocycles. The van der Waals surface area contributed by atoms with E-state index in [9.17, 15) is 9.59 Å². The van der Waals surface area contributed by atoms with Crippen molar-refractivity contribution in [3.8, 4) is 11.5 Å². The van der Waals surface area contributed by atoms with Crippen LogP contribution < -0.4 is 9.47 Å². The number of thioether (sulfide) groups is 1. The highest BCUT2D eigenvalue weighted by Gasteiger charge is 2.45. The fraction of sp³-hybridized carbons (Fsp3) is 0.469. The van der Waals surface area contributed by atoms with Crippen LogP contribution in [-0.2, 0) is 14.3 Å². The molecule has 206 valence electrons. The zero-order valence-corrected chi connectivity index (χ0v) is 24.0. The topological polar surface area (TPSA) is 74.2 Å². The minimum Gasteiger partial charge on any atom is -0.493 e. The first-order valence-electron chi connectivity index (χ1n) is 13.8. The molecule has 0 N–H and O–H groups in total. The summed E-state index contributed by atoms with van der Waals surface area (Å²) >= 11 is 1.67. The largest absolute Gasteiger partial charge is 0.493 e. The molecule has 1 fully saturated rings. The number of benzene rings is 2. The highest BCUT2D eigenvalue weighted by molar-refractivity contribution is 7.98. The van der Waals surface area contributed by atoms with Crippen LogP contribution in [0.4, 0.5) is 0 Å². The summed E-state index contributed by atoms with van der Waals surface area (Å²) in [5.74, 6) is 0.0458. The molecule has 5 rings (SSSR count). The molecule has 7 heteroatoms. The van der Waals surface area contributed by atoms with Crippen molar-refractivity contribution in [1.82, 2.24) is 0 Å². The smallest absolute Gasteiger partial charge is 0.315 e. The summed E-state index contributed by atoms with van der Waals surface area (Å²) in [7, 11) is 3.22. The van der Waals surface area contributed by atoms with Crippen molar-refractivity contribution in [1.29, 1.82) is 0 Å². The lowest BCUT2D eigenvalue weighted by molar-refractivity contribution is -0.153. The summed E-state index contributed by atoms with van der Waals surface area (Å²) in [5, 5.41) is 0. The first-order valence-corrected chi connectivity index (χ1v) is 15.0. The summed E-state index contributed by atoms with van der Waals surface area (Å²) in [6.45, 7) is 1.91. The maximum absolute atomic E-state index is 13.9. The number of esters is 1. The molecule has 0 aromatic heterocycles. The Hall–Kier alpha value is -3.06. The molecule has 2 aromatic rings. The Labute approximate surface area is 235 Å². The number of aliphatic imine (C=N–C) groups is 1. The summed E-state index contributed by atoms with van der Waals surface area (Å²) in [5.41, 5.74) is 4.14. The van der Waals surface area contributed by atoms with E-state index in [4.69, 9.17) is 19.2 Å². The highest BCUT2D eigenvalue weighted by atomic mass is 32.2. The third-order valence-electron chi connectivity index (χ3n) is 8.33. The molecular weight excluding hydrogens is 510 g/mol. The minimum absolute atomic E-state index is 0.0298. The lowest BCUT2D eigenvalue weighted by Crippen LogP contribution is -2.39. The van der Waals surface area contributed by atoms with Gasteiger partial charge in [0.2, 0.25) is 0 Å². The molecule has 1 heterocycles. The van der Waals surface area contributed by atoms with Crippen LogP contribution in [0.25, 0.3) is 0 Å². The third-order valence-corrected chi connectivity index (χ3v) is 9.08. The van der Waals surface area contributed by atoms with Gasteiger partial charge in [-0.3, -0.25) is 14.6 Å². The quantitative estimate of drug-likeness (QED) is 0.278. The van der Waals surface area contributed by atoms with E-state index >= 15 is 0 Å². The summed E-state index contributed by atoms with van der Waals surface area (Å²) < 4.78 is 17.0. The number of rotatable bonds is 7. The van der Waals surface area contributed by atoms with Crippen LogP contribution in [0.1, 0.15) is 74.8 Å². The van der Waals surface area contributed by atoms with E-state index < -0.39 is 11.8 Å². The van der Waals surface area contributed by atoms with Crippen LogP contribution >= 0.6 is 11.8 Å². The fourth-order valence-corrected chi connectivity index (χ4v) is 6.71. The Balaban J connectivity index is 1.51. The lowest BCUT2D eigenvalue weighted by atomic mass is 9.69. The van der Waals surface area contributed by atoms with Crippen molar-refractivity contribution >= 4 is 29.2 Å². The van der Waals surface area contributed by atoms with Gasteiger partial charge < -0.3 is 14.2 Å². The number of hydrogen-bond acceptors (Lipinski definition) is 7. The van der Waals surface area contributed by atoms with Crippen molar-refractivity contribution in [2.75, 3.05) is 20.5 Å². The van der Waals surface area contributed by atoms with Gasteiger partial charge in [0.05, 0.1) is 14.2 Å². The van der Waals surface area contributed by atoms with Gasteiger partial charge in [-0.2, -0.15) is 0 Å². The van der Waals surface area contributed by atoms with E-state index in [-0.39, 0.29) is 23.8 Å². The van der Waals surface area contributed by atoms with Gasteiger partial charge in [-0.05, 0) is 86.6 Å². The maximum atomic E-state index is 13.9. The Morgan fingerprint density at radius 2 is 1.62 bits per heavy atom. The summed E-state index contributed by atoms with van der Waals surface area (Å²) in [6.07, 6.45) is 8.13. The number of carbonyl (C=O) groups is 2. The van der Waals surface area contributed by atoms with Crippen molar-refractivity contribution in [3.05, 3.63) is 64.9 Å². The average molecular weight is 548 g/mol. The number of ether oxygens (including phenoxy) is 3. The molecule has 1 aliphatic heterocycles. The second-order valence-corrected chi connectivity index (χ2v) is 11.6. The first-order chi connectivity index (χ1) is 18.9. The Morgan fingerprint density at radius 3 is 2.28 bits per heavy atom. The number of ketones is 1. The second kappa shape index (κ2) is 12.0. The highest BCUT2D eigenvalue weighted by Crippen LogP contribution is 2.48. The Morgan fingerprint density at radius 1 is 0.923 bits per heavy atom. The third kappa shape index (κ3) is 5.65. The number of methoxy groups -OCH3 is 2. The summed E-state index contributed by atoms with van der Waals surface area (Å²) in [6, 6.07) is 14.0. The molecule has 0 amide bonds. The van der Waals surface area contributed by atoms with Gasteiger partial charge >= 0.3 is 5.97 Å². The maximum Gasteiger partial charge on any atom is 0.315 e. The molecule has 6 nitrogen and oxygen atoms in total. The van der Waals surface area contributed by atoms with Crippen LogP contribution in [0.3, 0.4) is 0 Å². The van der Waals surface area contributed by atoms with Gasteiger partial charge in [-0.25, -0.2) is 0 Å². The van der Waals surface area contributed by atoms with Crippen LogP contribution in [-0.4, -0.2) is 44.0 Å². The van der Waals surface area contributed by atoms with E-state index in [1.807, 2.05) is 43.5 Å². The Kier molecular flexibility index (Phi) is 8.46. The van der Waals surface area contributed by atoms with Crippen LogP contribution in [0.5, 0.6) is 11.5 Å². The van der Waals surface area contributed by atoms with Crippen LogP contribution in [0.2, 0.25) is 0 Å². The van der Waals surface area contributed by atoms with E-state index in [0.29, 0.717) is 35.6 Å². The van der Waals surface area contributed by atoms with Crippen molar-refractivity contribution in [3.63, 3.8) is 0 Å². The zero-order valence-electron chi connectivity index (χ0n) is 23.2. The van der Waals surface area contributed by atoms with Gasteiger partial charge in [0.25, 0.3) is 0 Å². The average Bonchev–Trinajstić information content (AvgIpc) is 2.96. The van der Waals surface area contributed by atoms with Crippen LogP contribution in [0, 0.1) is 5.92 Å². The molecule has 1 unspecified atom stereocenters. The van der Waals surface area contributed by atoms with Crippen molar-refractivity contribution in [2.24, 2.45) is 10.9 Å². The number of nitrogens with zero attached hydrogens (tertiary/aromatic N) is 1. The van der Waals surface area contributed by atoms with E-state index in [1.165, 1.54) is 6.42 Å². The molecule has 3 atom stereocenters. The molecule has 0 spiro atoms. The summed E-state index contributed by atoms with van der Waals surface area (Å²) in [4.78, 5) is 33.7. The monoisotopic (exact) mass is 547 g/mol. The normalized spacial score (nSPS) is 23.6. The number of Topliss-reactive ketones (excluding diaryl/α,β-unsaturated/α-hetero) is 1. The minimum atomic E-state index is -0.604. The molecular formula is C32H37NO5S. The predicted molar refractivity (Wildman–Crippen MR) is 154 cm³/mol. The first kappa shape index (κ1) is 27.5. The second-order valence-electron chi connectivity index (χ2n) is 10.7. The predicted octanol–water partition coefficient (Wildman–Crippen LogP) is 6.88. The molecule has 1 saturated carbocycles. The molecule has 2 aromatic carbocycles. The fourth-order valence-electron chi connectivity index (χ4n) is 6.30. The zero-order chi connectivity index (χ0) is 27.5. The molecule has 0 bridgehead atoms. The van der Waals surface area contributed by atoms with E-state index in [1.54, 1.807) is 26.0 Å². The number of carbonyl (C=O) groups excluding carboxylic acids is 2. The Bertz CT molecular complexity index is 1290. The number of hydrogen-bond donors (Lipinski definition) is 0. The molecule has 0 radical (unpaired) electrons. The van der Waals surface area contributed by atoms with Gasteiger partial charge in [0.1, 0.15) is 12.0 Å². The van der Waals surface area contributed by atoms with Crippen molar-refractivity contribution in [2.45, 2.75) is 74.7 Å². The number of allylic oxidation sites excluding steroid dienone is 2. The van der Waals surface area contributed by atoms with E-state index in [0.717, 1.165) is 47.4 Å². The van der Waals surface area contributed by atoms with Gasteiger partial charge in [0.15, 0.2) is 17.3 Å². The SMILES string of the molecule is COc1ccc([C@H]2CC(=O)C3=C(C2)N=C(C)C(C(=O)OC2CCCCC2)[C@H]3c2ccc(SC)cc2)cc1OC. The molecule has 39 heavy (non-hydrogen) atoms. The van der Waals surface area contributed by atoms with E-state index in [2.05, 4.69) is 12.1 Å². The van der Waals surface area contributed by atoms with Gasteiger partial charge in [-0.1, -0.05) is 24.6 Å². The van der Waals surface area contributed by atoms with Gasteiger partial charge in [0, 0.05) is 34.2 Å². The van der Waals surface area contributed by atoms with Crippen molar-refractivity contribution < 1.29 is 23.8 Å².